The van der Waals surface area contributed by atoms with Crippen LogP contribution in [0.5, 0.6) is 0 Å². The highest BCUT2D eigenvalue weighted by molar-refractivity contribution is 7.80. The van der Waals surface area contributed by atoms with Crippen molar-refractivity contribution in [2.45, 2.75) is 0 Å². The summed E-state index contributed by atoms with van der Waals surface area (Å²) in [6, 6.07) is 9.79. The summed E-state index contributed by atoms with van der Waals surface area (Å²) in [6.45, 7) is -0.366. The molecule has 0 bridgehead atoms. The first kappa shape index (κ1) is 17.7. The zero-order valence-corrected chi connectivity index (χ0v) is 14.6. The lowest BCUT2D eigenvalue weighted by molar-refractivity contribution is -0.115. The van der Waals surface area contributed by atoms with Gasteiger partial charge in [-0.2, -0.15) is 5.26 Å². The summed E-state index contributed by atoms with van der Waals surface area (Å²) in [7, 11) is 0. The maximum atomic E-state index is 11.9. The van der Waals surface area contributed by atoms with Crippen LogP contribution in [0.2, 0.25) is 5.02 Å². The van der Waals surface area contributed by atoms with Gasteiger partial charge in [-0.3, -0.25) is 10.1 Å². The van der Waals surface area contributed by atoms with E-state index >= 15 is 0 Å². The Balaban J connectivity index is 1.87. The highest BCUT2D eigenvalue weighted by atomic mass is 35.5. The lowest BCUT2D eigenvalue weighted by Crippen LogP contribution is -2.21. The number of hydrogen-bond donors (Lipinski definition) is 2. The number of carbonyl (C=O) groups excluding carboxylic acids is 2. The highest BCUT2D eigenvalue weighted by Gasteiger charge is 2.21. The number of furan rings is 1. The lowest BCUT2D eigenvalue weighted by Gasteiger charge is -2.05. The second kappa shape index (κ2) is 7.39. The minimum absolute atomic E-state index is 0.123. The Hall–Kier alpha value is -3.15. The number of nitrogens with one attached hydrogen (secondary N) is 2. The van der Waals surface area contributed by atoms with Crippen LogP contribution in [0.1, 0.15) is 16.1 Å². The Morgan fingerprint density at radius 3 is 2.85 bits per heavy atom. The third kappa shape index (κ3) is 3.74. The van der Waals surface area contributed by atoms with Crippen LogP contribution in [0.15, 0.2) is 40.4 Å². The number of halogens is 1. The second-order valence-corrected chi connectivity index (χ2v) is 5.91. The van der Waals surface area contributed by atoms with E-state index in [1.54, 1.807) is 24.3 Å². The summed E-state index contributed by atoms with van der Waals surface area (Å²) in [5, 5.41) is 14.1. The van der Waals surface area contributed by atoms with Gasteiger partial charge in [0.2, 0.25) is 0 Å². The minimum Gasteiger partial charge on any atom is -0.457 e. The van der Waals surface area contributed by atoms with Crippen molar-refractivity contribution in [2.24, 2.45) is 0 Å². The number of thiocarbonyl (C=S) groups is 1. The van der Waals surface area contributed by atoms with Crippen molar-refractivity contribution < 1.29 is 18.7 Å². The predicted octanol–water partition coefficient (Wildman–Crippen LogP) is 2.63. The summed E-state index contributed by atoms with van der Waals surface area (Å²) in [5.41, 5.74) is 0.980. The maximum Gasteiger partial charge on any atom is 0.340 e. The smallest absolute Gasteiger partial charge is 0.340 e. The van der Waals surface area contributed by atoms with E-state index in [4.69, 9.17) is 38.2 Å². The maximum absolute atomic E-state index is 11.9. The molecule has 1 amide bonds. The van der Waals surface area contributed by atoms with Gasteiger partial charge in [-0.25, -0.2) is 4.79 Å². The zero-order chi connectivity index (χ0) is 18.7. The highest BCUT2D eigenvalue weighted by Crippen LogP contribution is 2.28. The third-order valence-electron chi connectivity index (χ3n) is 3.37. The summed E-state index contributed by atoms with van der Waals surface area (Å²) in [4.78, 5) is 23.6. The number of esters is 1. The molecular weight excluding hydrogens is 378 g/mol. The Morgan fingerprint density at radius 1 is 1.35 bits per heavy atom. The number of nitriles is 1. The average Bonchev–Trinajstić information content (AvgIpc) is 3.20. The molecule has 1 fully saturated rings. The fraction of sp³-hybridized carbons (Fsp3) is 0.0588. The molecular formula is C17H10ClN3O4S. The molecule has 1 aromatic carbocycles. The molecule has 0 spiro atoms. The van der Waals surface area contributed by atoms with Gasteiger partial charge in [0, 0.05) is 11.6 Å². The molecule has 1 saturated heterocycles. The molecule has 9 heteroatoms. The van der Waals surface area contributed by atoms with Gasteiger partial charge in [-0.1, -0.05) is 11.6 Å². The van der Waals surface area contributed by atoms with Gasteiger partial charge in [0.15, 0.2) is 11.7 Å². The minimum atomic E-state index is -0.701. The molecule has 0 radical (unpaired) electrons. The van der Waals surface area contributed by atoms with E-state index in [0.29, 0.717) is 17.1 Å². The molecule has 2 heterocycles. The van der Waals surface area contributed by atoms with E-state index in [2.05, 4.69) is 10.6 Å². The number of benzene rings is 1. The molecule has 130 valence electrons. The zero-order valence-electron chi connectivity index (χ0n) is 13.0. The molecule has 3 rings (SSSR count). The van der Waals surface area contributed by atoms with E-state index in [0.717, 1.165) is 0 Å². The number of amides is 1. The summed E-state index contributed by atoms with van der Waals surface area (Å²) >= 11 is 10.9. The fourth-order valence-corrected chi connectivity index (χ4v) is 2.62. The van der Waals surface area contributed by atoms with E-state index in [1.165, 1.54) is 18.2 Å². The first-order chi connectivity index (χ1) is 12.5. The molecule has 26 heavy (non-hydrogen) atoms. The monoisotopic (exact) mass is 387 g/mol. The number of ether oxygens (including phenoxy) is 1. The van der Waals surface area contributed by atoms with Crippen molar-refractivity contribution in [2.75, 3.05) is 6.61 Å². The van der Waals surface area contributed by atoms with Gasteiger partial charge in [0.05, 0.1) is 10.6 Å². The first-order valence-electron chi connectivity index (χ1n) is 7.26. The standard InChI is InChI=1S/C17H10ClN3O4S/c18-12-3-1-9(7-11(12)16(23)24-6-5-19)14-4-2-10(25-14)8-13-15(22)21-17(26)20-13/h1-4,7-8H,6H2,(H2,20,21,22,26). The average molecular weight is 388 g/mol. The number of rotatable bonds is 4. The largest absolute Gasteiger partial charge is 0.457 e. The Labute approximate surface area is 158 Å². The number of carbonyl (C=O) groups is 2. The molecule has 0 unspecified atom stereocenters. The second-order valence-electron chi connectivity index (χ2n) is 5.10. The van der Waals surface area contributed by atoms with Crippen LogP contribution < -0.4 is 10.6 Å². The van der Waals surface area contributed by atoms with E-state index in [9.17, 15) is 9.59 Å². The normalized spacial score (nSPS) is 14.7. The third-order valence-corrected chi connectivity index (χ3v) is 3.91. The fourth-order valence-electron chi connectivity index (χ4n) is 2.22. The van der Waals surface area contributed by atoms with E-state index in [1.807, 2.05) is 0 Å². The van der Waals surface area contributed by atoms with Crippen LogP contribution in [-0.2, 0) is 9.53 Å². The SMILES string of the molecule is N#CCOC(=O)c1cc(-c2ccc(C=C3NC(=S)NC3=O)o2)ccc1Cl. The van der Waals surface area contributed by atoms with Gasteiger partial charge < -0.3 is 14.5 Å². The number of nitrogens with zero attached hydrogens (tertiary/aromatic N) is 1. The topological polar surface area (TPSA) is 104 Å². The summed E-state index contributed by atoms with van der Waals surface area (Å²) in [6.07, 6.45) is 1.51. The van der Waals surface area contributed by atoms with E-state index < -0.39 is 5.97 Å². The van der Waals surface area contributed by atoms with Crippen molar-refractivity contribution in [3.8, 4) is 17.4 Å². The van der Waals surface area contributed by atoms with Crippen LogP contribution in [0.3, 0.4) is 0 Å². The van der Waals surface area contributed by atoms with Crippen LogP contribution in [0.4, 0.5) is 0 Å². The molecule has 1 aliphatic heterocycles. The Morgan fingerprint density at radius 2 is 2.15 bits per heavy atom. The van der Waals surface area contributed by atoms with Gasteiger partial charge in [0.1, 0.15) is 23.3 Å². The quantitative estimate of drug-likeness (QED) is 0.472. The van der Waals surface area contributed by atoms with Gasteiger partial charge >= 0.3 is 5.97 Å². The molecule has 7 nitrogen and oxygen atoms in total. The first-order valence-corrected chi connectivity index (χ1v) is 8.04. The Bertz CT molecular complexity index is 990. The molecule has 2 aromatic rings. The predicted molar refractivity (Wildman–Crippen MR) is 96.9 cm³/mol. The number of hydrogen-bond acceptors (Lipinski definition) is 6. The lowest BCUT2D eigenvalue weighted by atomic mass is 10.1. The van der Waals surface area contributed by atoms with Crippen LogP contribution in [-0.4, -0.2) is 23.6 Å². The van der Waals surface area contributed by atoms with Crippen molar-refractivity contribution >= 4 is 46.9 Å². The summed E-state index contributed by atoms with van der Waals surface area (Å²) in [5.74, 6) is -0.163. The molecule has 1 aliphatic rings. The molecule has 0 atom stereocenters. The van der Waals surface area contributed by atoms with Crippen LogP contribution in [0, 0.1) is 11.3 Å². The molecule has 2 N–H and O–H groups in total. The van der Waals surface area contributed by atoms with Crippen molar-refractivity contribution in [3.05, 3.63) is 52.4 Å². The molecule has 0 aliphatic carbocycles. The van der Waals surface area contributed by atoms with Gasteiger partial charge in [-0.15, -0.1) is 0 Å². The van der Waals surface area contributed by atoms with Gasteiger partial charge in [0.25, 0.3) is 5.91 Å². The molecule has 0 saturated carbocycles. The van der Waals surface area contributed by atoms with Gasteiger partial charge in [-0.05, 0) is 42.5 Å². The molecule has 1 aromatic heterocycles. The van der Waals surface area contributed by atoms with Crippen LogP contribution in [0.25, 0.3) is 17.4 Å². The van der Waals surface area contributed by atoms with Crippen LogP contribution >= 0.6 is 23.8 Å². The van der Waals surface area contributed by atoms with E-state index in [-0.39, 0.29) is 33.9 Å². The van der Waals surface area contributed by atoms with Crippen molar-refractivity contribution in [1.29, 1.82) is 5.26 Å². The van der Waals surface area contributed by atoms with Crippen molar-refractivity contribution in [3.63, 3.8) is 0 Å². The summed E-state index contributed by atoms with van der Waals surface area (Å²) < 4.78 is 10.5. The van der Waals surface area contributed by atoms with Crippen molar-refractivity contribution in [1.82, 2.24) is 10.6 Å². The Kier molecular flexibility index (Phi) is 5.02.